The minimum Gasteiger partial charge on any atom is -0.388 e. The summed E-state index contributed by atoms with van der Waals surface area (Å²) in [7, 11) is -4.03. The number of ether oxygens (including phenoxy) is 2. The lowest BCUT2D eigenvalue weighted by atomic mass is 9.97. The molecule has 0 aromatic heterocycles. The Bertz CT molecular complexity index is 674. The van der Waals surface area contributed by atoms with Gasteiger partial charge in [-0.3, -0.25) is 4.18 Å². The van der Waals surface area contributed by atoms with Crippen molar-refractivity contribution in [3.05, 3.63) is 29.8 Å². The molecule has 0 aliphatic carbocycles. The number of rotatable bonds is 5. The van der Waals surface area contributed by atoms with Crippen LogP contribution in [0.3, 0.4) is 0 Å². The minimum absolute atomic E-state index is 0.0359. The molecular formula is C16H23NO6S. The van der Waals surface area contributed by atoms with Gasteiger partial charge in [0.15, 0.2) is 12.4 Å². The molecule has 0 spiro atoms. The molecule has 7 nitrogen and oxygen atoms in total. The summed E-state index contributed by atoms with van der Waals surface area (Å²) in [5.41, 5.74) is 0.943. The molecule has 2 saturated heterocycles. The lowest BCUT2D eigenvalue weighted by Gasteiger charge is -2.38. The van der Waals surface area contributed by atoms with Crippen molar-refractivity contribution in [2.45, 2.75) is 62.4 Å². The van der Waals surface area contributed by atoms with Gasteiger partial charge in [-0.15, -0.1) is 0 Å². The summed E-state index contributed by atoms with van der Waals surface area (Å²) in [6.07, 6.45) is -3.39. The van der Waals surface area contributed by atoms with Crippen molar-refractivity contribution in [2.75, 3.05) is 6.61 Å². The molecule has 24 heavy (non-hydrogen) atoms. The number of aryl methyl sites for hydroxylation is 1. The van der Waals surface area contributed by atoms with Crippen LogP contribution in [0.15, 0.2) is 29.2 Å². The highest BCUT2D eigenvalue weighted by molar-refractivity contribution is 7.86. The zero-order chi connectivity index (χ0) is 17.5. The first-order valence-corrected chi connectivity index (χ1v) is 9.40. The summed E-state index contributed by atoms with van der Waals surface area (Å²) < 4.78 is 41.4. The maximum atomic E-state index is 12.5. The number of benzene rings is 1. The van der Waals surface area contributed by atoms with Crippen LogP contribution in [0, 0.1) is 6.92 Å². The molecular weight excluding hydrogens is 334 g/mol. The predicted octanol–water partition coefficient (Wildman–Crippen LogP) is 0.552. The standard InChI is InChI=1S/C16H23NO6S/c1-9(2)17-13-12-8-21-16(22-12)15(14(13)18)23-24(19,20)11-6-4-10(3)5-7-11/h4-7,9,12-18H,8H2,1-3H3/t12?,13-,14-,15?,16-/m1/s1. The van der Waals surface area contributed by atoms with Gasteiger partial charge >= 0.3 is 0 Å². The van der Waals surface area contributed by atoms with E-state index < -0.39 is 34.7 Å². The van der Waals surface area contributed by atoms with E-state index in [2.05, 4.69) is 5.32 Å². The Balaban J connectivity index is 1.81. The van der Waals surface area contributed by atoms with E-state index in [0.717, 1.165) is 5.56 Å². The summed E-state index contributed by atoms with van der Waals surface area (Å²) in [4.78, 5) is 0.0359. The van der Waals surface area contributed by atoms with E-state index in [1.807, 2.05) is 20.8 Å². The highest BCUT2D eigenvalue weighted by Gasteiger charge is 2.52. The fourth-order valence-electron chi connectivity index (χ4n) is 2.99. The van der Waals surface area contributed by atoms with Gasteiger partial charge in [-0.1, -0.05) is 31.5 Å². The molecule has 1 aromatic carbocycles. The zero-order valence-corrected chi connectivity index (χ0v) is 14.7. The molecule has 134 valence electrons. The molecule has 0 radical (unpaired) electrons. The van der Waals surface area contributed by atoms with E-state index in [1.165, 1.54) is 12.1 Å². The number of nitrogens with one attached hydrogen (secondary N) is 1. The fourth-order valence-corrected chi connectivity index (χ4v) is 4.06. The van der Waals surface area contributed by atoms with Crippen LogP contribution in [-0.2, 0) is 23.8 Å². The van der Waals surface area contributed by atoms with Crippen LogP contribution in [-0.4, -0.2) is 56.8 Å². The Morgan fingerprint density at radius 2 is 1.96 bits per heavy atom. The van der Waals surface area contributed by atoms with Crippen molar-refractivity contribution < 1.29 is 27.2 Å². The van der Waals surface area contributed by atoms with Crippen molar-refractivity contribution in [3.8, 4) is 0 Å². The van der Waals surface area contributed by atoms with Gasteiger partial charge < -0.3 is 19.9 Å². The van der Waals surface area contributed by atoms with Gasteiger partial charge in [0.1, 0.15) is 12.2 Å². The van der Waals surface area contributed by atoms with Crippen molar-refractivity contribution in [3.63, 3.8) is 0 Å². The van der Waals surface area contributed by atoms with Crippen molar-refractivity contribution >= 4 is 10.1 Å². The van der Waals surface area contributed by atoms with E-state index >= 15 is 0 Å². The number of aliphatic hydroxyl groups excluding tert-OH is 1. The van der Waals surface area contributed by atoms with Gasteiger partial charge in [0, 0.05) is 6.04 Å². The van der Waals surface area contributed by atoms with Gasteiger partial charge in [-0.2, -0.15) is 8.42 Å². The molecule has 2 bridgehead atoms. The number of aliphatic hydroxyl groups is 1. The largest absolute Gasteiger partial charge is 0.388 e. The molecule has 0 amide bonds. The number of hydrogen-bond acceptors (Lipinski definition) is 7. The monoisotopic (exact) mass is 357 g/mol. The van der Waals surface area contributed by atoms with Crippen LogP contribution < -0.4 is 5.32 Å². The zero-order valence-electron chi connectivity index (χ0n) is 13.9. The van der Waals surface area contributed by atoms with Crippen LogP contribution >= 0.6 is 0 Å². The van der Waals surface area contributed by atoms with E-state index in [-0.39, 0.29) is 23.6 Å². The smallest absolute Gasteiger partial charge is 0.297 e. The second kappa shape index (κ2) is 6.70. The maximum Gasteiger partial charge on any atom is 0.297 e. The maximum absolute atomic E-state index is 12.5. The van der Waals surface area contributed by atoms with Crippen LogP contribution in [0.2, 0.25) is 0 Å². The first-order valence-electron chi connectivity index (χ1n) is 7.99. The summed E-state index contributed by atoms with van der Waals surface area (Å²) in [6.45, 7) is 6.03. The Morgan fingerprint density at radius 3 is 2.58 bits per heavy atom. The van der Waals surface area contributed by atoms with E-state index in [4.69, 9.17) is 13.7 Å². The molecule has 3 rings (SSSR count). The first-order chi connectivity index (χ1) is 11.3. The Labute approximate surface area is 142 Å². The van der Waals surface area contributed by atoms with Crippen molar-refractivity contribution in [2.24, 2.45) is 0 Å². The van der Waals surface area contributed by atoms with Gasteiger partial charge in [0.2, 0.25) is 0 Å². The number of fused-ring (bicyclic) bond motifs is 2. The molecule has 2 heterocycles. The van der Waals surface area contributed by atoms with Crippen LogP contribution in [0.4, 0.5) is 0 Å². The van der Waals surface area contributed by atoms with Gasteiger partial charge in [0.05, 0.1) is 17.5 Å². The van der Waals surface area contributed by atoms with Crippen molar-refractivity contribution in [1.29, 1.82) is 0 Å². The summed E-state index contributed by atoms with van der Waals surface area (Å²) in [5.74, 6) is 0. The third-order valence-electron chi connectivity index (χ3n) is 4.18. The third kappa shape index (κ3) is 3.49. The van der Waals surface area contributed by atoms with E-state index in [1.54, 1.807) is 12.1 Å². The SMILES string of the molecule is Cc1ccc(S(=O)(=O)OC2[C@@H]3OCC(O3)[C@@H](NC(C)C)[C@H]2O)cc1. The summed E-state index contributed by atoms with van der Waals surface area (Å²) >= 11 is 0. The molecule has 2 aliphatic heterocycles. The molecule has 1 aromatic rings. The lowest BCUT2D eigenvalue weighted by Crippen LogP contribution is -2.61. The molecule has 0 saturated carbocycles. The van der Waals surface area contributed by atoms with Crippen molar-refractivity contribution in [1.82, 2.24) is 5.32 Å². The molecule has 2 N–H and O–H groups in total. The first kappa shape index (κ1) is 17.8. The second-order valence-corrected chi connectivity index (χ2v) is 8.11. The number of hydrogen-bond donors (Lipinski definition) is 2. The summed E-state index contributed by atoms with van der Waals surface area (Å²) in [5, 5.41) is 13.8. The second-order valence-electron chi connectivity index (χ2n) is 6.54. The highest BCUT2D eigenvalue weighted by Crippen LogP contribution is 2.32. The van der Waals surface area contributed by atoms with Gasteiger partial charge in [-0.05, 0) is 19.1 Å². The Morgan fingerprint density at radius 1 is 1.29 bits per heavy atom. The van der Waals surface area contributed by atoms with E-state index in [0.29, 0.717) is 0 Å². The van der Waals surface area contributed by atoms with Gasteiger partial charge in [-0.25, -0.2) is 0 Å². The Kier molecular flexibility index (Phi) is 4.96. The summed E-state index contributed by atoms with van der Waals surface area (Å²) in [6, 6.07) is 5.97. The lowest BCUT2D eigenvalue weighted by molar-refractivity contribution is -0.193. The topological polar surface area (TPSA) is 94.1 Å². The predicted molar refractivity (Wildman–Crippen MR) is 85.9 cm³/mol. The Hall–Kier alpha value is -1.03. The average Bonchev–Trinajstić information content (AvgIpc) is 2.95. The quantitative estimate of drug-likeness (QED) is 0.743. The third-order valence-corrected chi connectivity index (χ3v) is 5.51. The van der Waals surface area contributed by atoms with Crippen LogP contribution in [0.25, 0.3) is 0 Å². The molecule has 5 atom stereocenters. The molecule has 2 unspecified atom stereocenters. The molecule has 2 aliphatic rings. The van der Waals surface area contributed by atoms with Crippen LogP contribution in [0.1, 0.15) is 19.4 Å². The normalized spacial score (nSPS) is 33.1. The molecule has 2 fully saturated rings. The van der Waals surface area contributed by atoms with E-state index in [9.17, 15) is 13.5 Å². The molecule has 8 heteroatoms. The minimum atomic E-state index is -4.03. The van der Waals surface area contributed by atoms with Gasteiger partial charge in [0.25, 0.3) is 10.1 Å². The fraction of sp³-hybridized carbons (Fsp3) is 0.625. The highest BCUT2D eigenvalue weighted by atomic mass is 32.2. The average molecular weight is 357 g/mol. The van der Waals surface area contributed by atoms with Crippen LogP contribution in [0.5, 0.6) is 0 Å².